The zero-order valence-corrected chi connectivity index (χ0v) is 9.89. The summed E-state index contributed by atoms with van der Waals surface area (Å²) in [7, 11) is 0. The molecule has 0 saturated carbocycles. The Morgan fingerprint density at radius 3 is 2.94 bits per heavy atom. The van der Waals surface area contributed by atoms with Crippen molar-refractivity contribution in [2.45, 2.75) is 6.61 Å². The molecule has 0 aliphatic heterocycles. The van der Waals surface area contributed by atoms with Gasteiger partial charge in [0, 0.05) is 29.1 Å². The van der Waals surface area contributed by atoms with Gasteiger partial charge in [0.2, 0.25) is 5.88 Å². The zero-order valence-electron chi connectivity index (χ0n) is 9.00. The van der Waals surface area contributed by atoms with Crippen LogP contribution < -0.4 is 10.5 Å². The number of terminal acetylenes is 1. The molecule has 2 rings (SSSR count). The van der Waals surface area contributed by atoms with E-state index in [9.17, 15) is 0 Å². The minimum absolute atomic E-state index is 0.289. The summed E-state index contributed by atoms with van der Waals surface area (Å²) in [5.74, 6) is 3.06. The normalized spacial score (nSPS) is 9.88. The average molecular weight is 245 g/mol. The highest BCUT2D eigenvalue weighted by Gasteiger charge is 2.06. The molecule has 0 saturated heterocycles. The van der Waals surface area contributed by atoms with E-state index in [1.807, 2.05) is 12.1 Å². The lowest BCUT2D eigenvalue weighted by Crippen LogP contribution is -2.03. The molecule has 1 heterocycles. The minimum Gasteiger partial charge on any atom is -0.472 e. The molecule has 0 atom stereocenters. The summed E-state index contributed by atoms with van der Waals surface area (Å²) >= 11 is 4.01. The average Bonchev–Trinajstić information content (AvgIpc) is 2.73. The number of nitrogens with two attached hydrogens (primary N) is 1. The number of nitrogens with zero attached hydrogens (tertiary/aromatic N) is 2. The second kappa shape index (κ2) is 4.85. The molecule has 5 heteroatoms. The third kappa shape index (κ3) is 2.55. The highest BCUT2D eigenvalue weighted by molar-refractivity contribution is 7.78. The number of rotatable bonds is 3. The van der Waals surface area contributed by atoms with E-state index < -0.39 is 0 Å². The summed E-state index contributed by atoms with van der Waals surface area (Å²) in [6.45, 7) is 0.289. The van der Waals surface area contributed by atoms with Gasteiger partial charge in [-0.25, -0.2) is 4.09 Å². The number of thiol groups is 1. The Labute approximate surface area is 105 Å². The first-order chi connectivity index (χ1) is 8.20. The van der Waals surface area contributed by atoms with Crippen LogP contribution >= 0.6 is 12.8 Å². The lowest BCUT2D eigenvalue weighted by atomic mass is 10.1. The molecule has 0 aliphatic carbocycles. The molecule has 2 N–H and O–H groups in total. The van der Waals surface area contributed by atoms with Crippen molar-refractivity contribution in [3.8, 4) is 18.2 Å². The summed E-state index contributed by atoms with van der Waals surface area (Å²) in [5.41, 5.74) is 7.99. The van der Waals surface area contributed by atoms with Crippen molar-refractivity contribution >= 4 is 18.5 Å². The molecular weight excluding hydrogens is 234 g/mol. The van der Waals surface area contributed by atoms with Crippen molar-refractivity contribution in [3.63, 3.8) is 0 Å². The lowest BCUT2D eigenvalue weighted by molar-refractivity contribution is 0.293. The van der Waals surface area contributed by atoms with Gasteiger partial charge >= 0.3 is 0 Å². The molecule has 0 amide bonds. The highest BCUT2D eigenvalue weighted by atomic mass is 32.1. The zero-order chi connectivity index (χ0) is 12.3. The van der Waals surface area contributed by atoms with E-state index in [2.05, 4.69) is 23.8 Å². The standard InChI is InChI=1S/C12H11N3OS/c1-2-9-4-3-5-11(13)10(9)8-16-12-6-7-15(17)14-12/h1,3-7,17H,8,13H2. The third-order valence-corrected chi connectivity index (χ3v) is 2.51. The molecule has 0 aliphatic rings. The first kappa shape index (κ1) is 11.4. The summed E-state index contributed by atoms with van der Waals surface area (Å²) < 4.78 is 6.85. The van der Waals surface area contributed by atoms with E-state index in [4.69, 9.17) is 16.9 Å². The second-order valence-electron chi connectivity index (χ2n) is 3.38. The number of hydrogen-bond acceptors (Lipinski definition) is 4. The fourth-order valence-electron chi connectivity index (χ4n) is 1.42. The van der Waals surface area contributed by atoms with E-state index >= 15 is 0 Å². The summed E-state index contributed by atoms with van der Waals surface area (Å²) in [5, 5.41) is 3.98. The summed E-state index contributed by atoms with van der Waals surface area (Å²) in [6, 6.07) is 7.14. The van der Waals surface area contributed by atoms with Crippen LogP contribution in [0.5, 0.6) is 5.88 Å². The molecule has 0 radical (unpaired) electrons. The van der Waals surface area contributed by atoms with Crippen LogP contribution in [0, 0.1) is 12.3 Å². The molecule has 2 aromatic rings. The maximum absolute atomic E-state index is 5.85. The van der Waals surface area contributed by atoms with Gasteiger partial charge in [0.05, 0.1) is 0 Å². The Balaban J connectivity index is 2.17. The Morgan fingerprint density at radius 2 is 2.29 bits per heavy atom. The smallest absolute Gasteiger partial charge is 0.234 e. The molecule has 0 bridgehead atoms. The van der Waals surface area contributed by atoms with Gasteiger partial charge in [-0.15, -0.1) is 11.5 Å². The van der Waals surface area contributed by atoms with Gasteiger partial charge in [-0.1, -0.05) is 12.0 Å². The Hall–Kier alpha value is -2.06. The molecule has 86 valence electrons. The molecular formula is C12H11N3OS. The van der Waals surface area contributed by atoms with E-state index in [1.165, 1.54) is 4.09 Å². The highest BCUT2D eigenvalue weighted by Crippen LogP contribution is 2.18. The topological polar surface area (TPSA) is 53.1 Å². The van der Waals surface area contributed by atoms with E-state index in [0.29, 0.717) is 11.6 Å². The van der Waals surface area contributed by atoms with Gasteiger partial charge in [0.15, 0.2) is 0 Å². The van der Waals surface area contributed by atoms with Crippen LogP contribution in [0.25, 0.3) is 0 Å². The maximum Gasteiger partial charge on any atom is 0.234 e. The molecule has 4 nitrogen and oxygen atoms in total. The number of hydrogen-bond donors (Lipinski definition) is 2. The van der Waals surface area contributed by atoms with Gasteiger partial charge in [0.25, 0.3) is 0 Å². The first-order valence-electron chi connectivity index (χ1n) is 4.92. The van der Waals surface area contributed by atoms with Crippen LogP contribution in [0.3, 0.4) is 0 Å². The van der Waals surface area contributed by atoms with E-state index in [0.717, 1.165) is 11.1 Å². The Bertz CT molecular complexity index is 571. The van der Waals surface area contributed by atoms with Crippen molar-refractivity contribution in [2.75, 3.05) is 5.73 Å². The number of benzene rings is 1. The van der Waals surface area contributed by atoms with E-state index in [1.54, 1.807) is 18.3 Å². The minimum atomic E-state index is 0.289. The number of anilines is 1. The molecule has 0 fully saturated rings. The Kier molecular flexibility index (Phi) is 3.26. The molecule has 17 heavy (non-hydrogen) atoms. The Morgan fingerprint density at radius 1 is 1.47 bits per heavy atom. The monoisotopic (exact) mass is 245 g/mol. The van der Waals surface area contributed by atoms with E-state index in [-0.39, 0.29) is 6.61 Å². The van der Waals surface area contributed by atoms with Gasteiger partial charge < -0.3 is 10.5 Å². The second-order valence-corrected chi connectivity index (χ2v) is 3.79. The van der Waals surface area contributed by atoms with Crippen LogP contribution in [0.4, 0.5) is 5.69 Å². The van der Waals surface area contributed by atoms with Gasteiger partial charge in [-0.2, -0.15) is 0 Å². The number of nitrogen functional groups attached to an aromatic ring is 1. The largest absolute Gasteiger partial charge is 0.472 e. The van der Waals surface area contributed by atoms with Crippen LogP contribution in [0.15, 0.2) is 30.5 Å². The van der Waals surface area contributed by atoms with Crippen LogP contribution in [0.1, 0.15) is 11.1 Å². The van der Waals surface area contributed by atoms with Crippen molar-refractivity contribution in [1.82, 2.24) is 9.19 Å². The molecule has 1 aromatic carbocycles. The van der Waals surface area contributed by atoms with Crippen LogP contribution in [-0.2, 0) is 6.61 Å². The number of ether oxygens (including phenoxy) is 1. The maximum atomic E-state index is 5.85. The van der Waals surface area contributed by atoms with Gasteiger partial charge in [-0.3, -0.25) is 0 Å². The predicted octanol–water partition coefficient (Wildman–Crippen LogP) is 1.72. The van der Waals surface area contributed by atoms with Crippen molar-refractivity contribution < 1.29 is 4.74 Å². The van der Waals surface area contributed by atoms with Gasteiger partial charge in [-0.05, 0) is 24.9 Å². The predicted molar refractivity (Wildman–Crippen MR) is 69.7 cm³/mol. The quantitative estimate of drug-likeness (QED) is 0.492. The van der Waals surface area contributed by atoms with Crippen LogP contribution in [-0.4, -0.2) is 9.19 Å². The van der Waals surface area contributed by atoms with Crippen molar-refractivity contribution in [1.29, 1.82) is 0 Å². The summed E-state index contributed by atoms with van der Waals surface area (Å²) in [6.07, 6.45) is 7.08. The van der Waals surface area contributed by atoms with Crippen molar-refractivity contribution in [3.05, 3.63) is 41.6 Å². The van der Waals surface area contributed by atoms with Crippen molar-refractivity contribution in [2.24, 2.45) is 0 Å². The molecule has 1 aromatic heterocycles. The third-order valence-electron chi connectivity index (χ3n) is 2.28. The fourth-order valence-corrected chi connectivity index (χ4v) is 1.58. The fraction of sp³-hybridized carbons (Fsp3) is 0.0833. The SMILES string of the molecule is C#Cc1cccc(N)c1COc1ccn(S)n1. The van der Waals surface area contributed by atoms with Gasteiger partial charge in [0.1, 0.15) is 6.61 Å². The van der Waals surface area contributed by atoms with Crippen LogP contribution in [0.2, 0.25) is 0 Å². The summed E-state index contributed by atoms with van der Waals surface area (Å²) in [4.78, 5) is 0. The molecule has 0 spiro atoms. The lowest BCUT2D eigenvalue weighted by Gasteiger charge is -2.08. The molecule has 0 unspecified atom stereocenters. The number of aromatic nitrogens is 2. The first-order valence-corrected chi connectivity index (χ1v) is 5.32.